The Balaban J connectivity index is 1.40. The SMILES string of the molecule is O=C(CN1C[C@@H](Cc2cnccn2)[C@H](O)C1)NCC1CCCCC1. The van der Waals surface area contributed by atoms with Crippen LogP contribution < -0.4 is 5.32 Å². The molecular weight excluding hydrogens is 304 g/mol. The average molecular weight is 332 g/mol. The predicted molar refractivity (Wildman–Crippen MR) is 91.3 cm³/mol. The normalized spacial score (nSPS) is 25.7. The number of aromatic nitrogens is 2. The Morgan fingerprint density at radius 1 is 1.25 bits per heavy atom. The van der Waals surface area contributed by atoms with E-state index >= 15 is 0 Å². The molecule has 0 spiro atoms. The highest BCUT2D eigenvalue weighted by molar-refractivity contribution is 5.78. The minimum absolute atomic E-state index is 0.0768. The Hall–Kier alpha value is -1.53. The van der Waals surface area contributed by atoms with Gasteiger partial charge in [0.25, 0.3) is 0 Å². The number of likely N-dealkylation sites (tertiary alicyclic amines) is 1. The second kappa shape index (κ2) is 8.53. The summed E-state index contributed by atoms with van der Waals surface area (Å²) in [5.41, 5.74) is 0.894. The van der Waals surface area contributed by atoms with Crippen molar-refractivity contribution in [3.63, 3.8) is 0 Å². The van der Waals surface area contributed by atoms with Gasteiger partial charge in [0.05, 0.1) is 18.3 Å². The maximum Gasteiger partial charge on any atom is 0.234 e. The highest BCUT2D eigenvalue weighted by Crippen LogP contribution is 2.23. The summed E-state index contributed by atoms with van der Waals surface area (Å²) in [6.07, 6.45) is 11.8. The Labute approximate surface area is 143 Å². The highest BCUT2D eigenvalue weighted by atomic mass is 16.3. The lowest BCUT2D eigenvalue weighted by atomic mass is 9.89. The fourth-order valence-corrected chi connectivity index (χ4v) is 3.88. The molecule has 1 aromatic heterocycles. The van der Waals surface area contributed by atoms with Crippen molar-refractivity contribution >= 4 is 5.91 Å². The lowest BCUT2D eigenvalue weighted by Gasteiger charge is -2.22. The minimum Gasteiger partial charge on any atom is -0.391 e. The third-order valence-electron chi connectivity index (χ3n) is 5.25. The van der Waals surface area contributed by atoms with Crippen LogP contribution in [0.3, 0.4) is 0 Å². The van der Waals surface area contributed by atoms with E-state index in [-0.39, 0.29) is 11.8 Å². The molecule has 6 heteroatoms. The first-order valence-corrected chi connectivity index (χ1v) is 9.12. The van der Waals surface area contributed by atoms with Crippen LogP contribution in [-0.4, -0.2) is 58.2 Å². The number of rotatable bonds is 6. The van der Waals surface area contributed by atoms with Gasteiger partial charge >= 0.3 is 0 Å². The van der Waals surface area contributed by atoms with Gasteiger partial charge in [-0.25, -0.2) is 0 Å². The summed E-state index contributed by atoms with van der Waals surface area (Å²) in [4.78, 5) is 22.5. The highest BCUT2D eigenvalue weighted by Gasteiger charge is 2.32. The molecule has 0 aromatic carbocycles. The molecule has 6 nitrogen and oxygen atoms in total. The number of hydrogen-bond acceptors (Lipinski definition) is 5. The zero-order chi connectivity index (χ0) is 16.8. The molecule has 2 heterocycles. The Morgan fingerprint density at radius 3 is 2.83 bits per heavy atom. The van der Waals surface area contributed by atoms with Crippen molar-refractivity contribution in [2.24, 2.45) is 11.8 Å². The number of carbonyl (C=O) groups excluding carboxylic acids is 1. The number of carbonyl (C=O) groups is 1. The van der Waals surface area contributed by atoms with Crippen LogP contribution in [0, 0.1) is 11.8 Å². The predicted octanol–water partition coefficient (Wildman–Crippen LogP) is 1.01. The molecule has 1 saturated carbocycles. The van der Waals surface area contributed by atoms with Crippen LogP contribution in [0.5, 0.6) is 0 Å². The molecule has 132 valence electrons. The van der Waals surface area contributed by atoms with Gasteiger partial charge in [-0.3, -0.25) is 19.7 Å². The molecule has 1 aliphatic carbocycles. The number of amides is 1. The topological polar surface area (TPSA) is 78.4 Å². The zero-order valence-corrected chi connectivity index (χ0v) is 14.2. The van der Waals surface area contributed by atoms with Crippen LogP contribution in [0.2, 0.25) is 0 Å². The van der Waals surface area contributed by atoms with Gasteiger partial charge in [-0.1, -0.05) is 19.3 Å². The molecule has 2 N–H and O–H groups in total. The van der Waals surface area contributed by atoms with Crippen molar-refractivity contribution in [3.8, 4) is 0 Å². The van der Waals surface area contributed by atoms with E-state index in [4.69, 9.17) is 0 Å². The maximum absolute atomic E-state index is 12.2. The first-order valence-electron chi connectivity index (χ1n) is 9.12. The van der Waals surface area contributed by atoms with Crippen molar-refractivity contribution in [1.29, 1.82) is 0 Å². The van der Waals surface area contributed by atoms with Gasteiger partial charge in [-0.15, -0.1) is 0 Å². The van der Waals surface area contributed by atoms with Crippen LogP contribution in [0.15, 0.2) is 18.6 Å². The quantitative estimate of drug-likeness (QED) is 0.813. The fourth-order valence-electron chi connectivity index (χ4n) is 3.88. The number of nitrogens with one attached hydrogen (secondary N) is 1. The van der Waals surface area contributed by atoms with Crippen LogP contribution in [0.4, 0.5) is 0 Å². The molecule has 0 unspecified atom stereocenters. The average Bonchev–Trinajstić information content (AvgIpc) is 2.94. The summed E-state index contributed by atoms with van der Waals surface area (Å²) in [6.45, 7) is 2.47. The van der Waals surface area contributed by atoms with E-state index in [0.717, 1.165) is 18.8 Å². The van der Waals surface area contributed by atoms with Crippen molar-refractivity contribution < 1.29 is 9.90 Å². The van der Waals surface area contributed by atoms with Gasteiger partial charge in [0.1, 0.15) is 0 Å². The van der Waals surface area contributed by atoms with Gasteiger partial charge in [0.15, 0.2) is 0 Å². The number of aliphatic hydroxyl groups is 1. The molecule has 1 amide bonds. The number of aliphatic hydroxyl groups excluding tert-OH is 1. The summed E-state index contributed by atoms with van der Waals surface area (Å²) in [7, 11) is 0. The molecule has 1 aromatic rings. The molecule has 1 saturated heterocycles. The third kappa shape index (κ3) is 4.98. The van der Waals surface area contributed by atoms with E-state index in [0.29, 0.717) is 25.4 Å². The van der Waals surface area contributed by atoms with Crippen molar-refractivity contribution in [2.45, 2.75) is 44.6 Å². The van der Waals surface area contributed by atoms with Crippen LogP contribution in [0.1, 0.15) is 37.8 Å². The van der Waals surface area contributed by atoms with Crippen LogP contribution >= 0.6 is 0 Å². The van der Waals surface area contributed by atoms with Gasteiger partial charge in [0.2, 0.25) is 5.91 Å². The van der Waals surface area contributed by atoms with Gasteiger partial charge in [0, 0.05) is 44.1 Å². The monoisotopic (exact) mass is 332 g/mol. The van der Waals surface area contributed by atoms with Crippen LogP contribution in [-0.2, 0) is 11.2 Å². The molecule has 2 aliphatic rings. The first kappa shape index (κ1) is 17.3. The van der Waals surface area contributed by atoms with E-state index in [1.807, 2.05) is 4.90 Å². The van der Waals surface area contributed by atoms with E-state index in [1.54, 1.807) is 18.6 Å². The number of hydrogen-bond donors (Lipinski definition) is 2. The molecule has 3 rings (SSSR count). The summed E-state index contributed by atoms with van der Waals surface area (Å²) in [5, 5.41) is 13.3. The van der Waals surface area contributed by atoms with Crippen molar-refractivity contribution in [2.75, 3.05) is 26.2 Å². The minimum atomic E-state index is -0.404. The summed E-state index contributed by atoms with van der Waals surface area (Å²) < 4.78 is 0. The van der Waals surface area contributed by atoms with Gasteiger partial charge in [-0.2, -0.15) is 0 Å². The van der Waals surface area contributed by atoms with E-state index in [1.165, 1.54) is 32.1 Å². The third-order valence-corrected chi connectivity index (χ3v) is 5.25. The molecule has 2 atom stereocenters. The van der Waals surface area contributed by atoms with E-state index in [9.17, 15) is 9.90 Å². The Kier molecular flexibility index (Phi) is 6.15. The molecule has 2 fully saturated rings. The summed E-state index contributed by atoms with van der Waals surface area (Å²) >= 11 is 0. The van der Waals surface area contributed by atoms with Crippen molar-refractivity contribution in [1.82, 2.24) is 20.2 Å². The summed E-state index contributed by atoms with van der Waals surface area (Å²) in [5.74, 6) is 0.844. The smallest absolute Gasteiger partial charge is 0.234 e. The van der Waals surface area contributed by atoms with E-state index < -0.39 is 6.10 Å². The second-order valence-electron chi connectivity index (χ2n) is 7.23. The first-order chi connectivity index (χ1) is 11.7. The van der Waals surface area contributed by atoms with Gasteiger partial charge in [-0.05, 0) is 25.2 Å². The maximum atomic E-state index is 12.2. The van der Waals surface area contributed by atoms with E-state index in [2.05, 4.69) is 15.3 Å². The van der Waals surface area contributed by atoms with Crippen LogP contribution in [0.25, 0.3) is 0 Å². The number of β-amino-alcohol motifs (C(OH)–C–C–N with tert-alkyl or cyclic N) is 1. The van der Waals surface area contributed by atoms with Gasteiger partial charge < -0.3 is 10.4 Å². The molecule has 24 heavy (non-hydrogen) atoms. The lowest BCUT2D eigenvalue weighted by Crippen LogP contribution is -2.38. The Morgan fingerprint density at radius 2 is 2.08 bits per heavy atom. The lowest BCUT2D eigenvalue weighted by molar-refractivity contribution is -0.122. The second-order valence-corrected chi connectivity index (χ2v) is 7.23. The molecule has 0 bridgehead atoms. The molecular formula is C18H28N4O2. The number of nitrogens with zero attached hydrogens (tertiary/aromatic N) is 3. The largest absolute Gasteiger partial charge is 0.391 e. The Bertz CT molecular complexity index is 519. The van der Waals surface area contributed by atoms with Crippen molar-refractivity contribution in [3.05, 3.63) is 24.3 Å². The fraction of sp³-hybridized carbons (Fsp3) is 0.722. The summed E-state index contributed by atoms with van der Waals surface area (Å²) in [6, 6.07) is 0. The molecule has 0 radical (unpaired) electrons. The molecule has 1 aliphatic heterocycles. The standard InChI is InChI=1S/C18H28N4O2/c23-17-12-22(11-15(17)8-16-10-19-6-7-20-16)13-18(24)21-9-14-4-2-1-3-5-14/h6-7,10,14-15,17,23H,1-5,8-9,11-13H2,(H,21,24)/t15-,17-/m1/s1. The zero-order valence-electron chi connectivity index (χ0n) is 14.2.